The molecule has 0 unspecified atom stereocenters. The van der Waals surface area contributed by atoms with Crippen molar-refractivity contribution in [2.75, 3.05) is 13.7 Å². The van der Waals surface area contributed by atoms with Crippen molar-refractivity contribution in [3.8, 4) is 5.19 Å². The minimum atomic E-state index is -0.152. The Kier molecular flexibility index (Phi) is 4.16. The average molecular weight is 236 g/mol. The van der Waals surface area contributed by atoms with E-state index in [-0.39, 0.29) is 5.60 Å². The van der Waals surface area contributed by atoms with Crippen LogP contribution in [-0.2, 0) is 4.74 Å². The zero-order chi connectivity index (χ0) is 10.6. The molecule has 0 aromatic carbocycles. The summed E-state index contributed by atoms with van der Waals surface area (Å²) in [4.78, 5) is 3.98. The molecule has 0 atom stereocenters. The highest BCUT2D eigenvalue weighted by Crippen LogP contribution is 2.22. The summed E-state index contributed by atoms with van der Waals surface area (Å²) in [6.45, 7) is 4.63. The number of nitrogens with zero attached hydrogens (tertiary/aromatic N) is 1. The van der Waals surface area contributed by atoms with E-state index in [9.17, 15) is 0 Å². The molecule has 0 N–H and O–H groups in total. The number of ether oxygens (including phenoxy) is 2. The molecule has 0 aliphatic carbocycles. The van der Waals surface area contributed by atoms with Gasteiger partial charge in [-0.3, -0.25) is 0 Å². The van der Waals surface area contributed by atoms with Crippen LogP contribution in [0.1, 0.15) is 20.3 Å². The van der Waals surface area contributed by atoms with E-state index in [2.05, 4.69) is 4.98 Å². The van der Waals surface area contributed by atoms with Crippen LogP contribution >= 0.6 is 22.9 Å². The van der Waals surface area contributed by atoms with Crippen LogP contribution in [-0.4, -0.2) is 24.3 Å². The third kappa shape index (κ3) is 3.82. The van der Waals surface area contributed by atoms with Gasteiger partial charge < -0.3 is 9.47 Å². The first-order valence-electron chi connectivity index (χ1n) is 4.32. The van der Waals surface area contributed by atoms with E-state index in [0.717, 1.165) is 6.42 Å². The summed E-state index contributed by atoms with van der Waals surface area (Å²) in [6, 6.07) is 0. The number of halogens is 1. The summed E-state index contributed by atoms with van der Waals surface area (Å²) in [5, 5.41) is 2.84. The molecule has 80 valence electrons. The highest BCUT2D eigenvalue weighted by molar-refractivity contribution is 7.11. The third-order valence-corrected chi connectivity index (χ3v) is 3.01. The van der Waals surface area contributed by atoms with Crippen LogP contribution in [0.25, 0.3) is 0 Å². The predicted molar refractivity (Wildman–Crippen MR) is 58.3 cm³/mol. The lowest BCUT2D eigenvalue weighted by Crippen LogP contribution is -2.25. The van der Waals surface area contributed by atoms with Crippen molar-refractivity contribution in [3.63, 3.8) is 0 Å². The summed E-state index contributed by atoms with van der Waals surface area (Å²) in [6.07, 6.45) is 0.820. The molecule has 14 heavy (non-hydrogen) atoms. The minimum Gasteiger partial charge on any atom is -0.470 e. The van der Waals surface area contributed by atoms with Gasteiger partial charge in [-0.05, 0) is 13.8 Å². The smallest absolute Gasteiger partial charge is 0.274 e. The number of rotatable bonds is 5. The molecule has 3 nitrogen and oxygen atoms in total. The Morgan fingerprint density at radius 2 is 2.29 bits per heavy atom. The summed E-state index contributed by atoms with van der Waals surface area (Å²) in [7, 11) is 1.69. The molecule has 0 spiro atoms. The van der Waals surface area contributed by atoms with Gasteiger partial charge in [0.1, 0.15) is 5.15 Å². The topological polar surface area (TPSA) is 31.4 Å². The van der Waals surface area contributed by atoms with Crippen molar-refractivity contribution in [2.45, 2.75) is 25.9 Å². The van der Waals surface area contributed by atoms with Gasteiger partial charge in [-0.15, -0.1) is 0 Å². The molecular formula is C9H14ClNO2S. The van der Waals surface area contributed by atoms with E-state index in [4.69, 9.17) is 21.1 Å². The van der Waals surface area contributed by atoms with E-state index < -0.39 is 0 Å². The largest absolute Gasteiger partial charge is 0.470 e. The molecule has 0 radical (unpaired) electrons. The second-order valence-corrected chi connectivity index (χ2v) is 4.71. The van der Waals surface area contributed by atoms with Gasteiger partial charge in [-0.25, -0.2) is 0 Å². The van der Waals surface area contributed by atoms with Crippen molar-refractivity contribution < 1.29 is 9.47 Å². The van der Waals surface area contributed by atoms with Gasteiger partial charge in [0.05, 0.1) is 12.2 Å². The maximum Gasteiger partial charge on any atom is 0.274 e. The van der Waals surface area contributed by atoms with E-state index in [1.54, 1.807) is 12.5 Å². The second kappa shape index (κ2) is 4.96. The van der Waals surface area contributed by atoms with E-state index in [0.29, 0.717) is 17.0 Å². The lowest BCUT2D eigenvalue weighted by Gasteiger charge is -2.22. The summed E-state index contributed by atoms with van der Waals surface area (Å²) >= 11 is 7.05. The van der Waals surface area contributed by atoms with Gasteiger partial charge in [0.25, 0.3) is 5.19 Å². The first kappa shape index (κ1) is 11.8. The molecular weight excluding hydrogens is 222 g/mol. The quantitative estimate of drug-likeness (QED) is 0.786. The first-order valence-corrected chi connectivity index (χ1v) is 5.58. The van der Waals surface area contributed by atoms with Crippen molar-refractivity contribution in [3.05, 3.63) is 10.5 Å². The minimum absolute atomic E-state index is 0.152. The van der Waals surface area contributed by atoms with Crippen LogP contribution < -0.4 is 4.74 Å². The summed E-state index contributed by atoms with van der Waals surface area (Å²) in [5.41, 5.74) is -0.152. The molecule has 0 saturated heterocycles. The Balaban J connectivity index is 2.28. The van der Waals surface area contributed by atoms with Crippen LogP contribution in [0.2, 0.25) is 5.15 Å². The fourth-order valence-corrected chi connectivity index (χ4v) is 1.61. The Hall–Kier alpha value is -0.320. The van der Waals surface area contributed by atoms with Gasteiger partial charge in [0.2, 0.25) is 0 Å². The maximum atomic E-state index is 5.65. The van der Waals surface area contributed by atoms with Crippen molar-refractivity contribution in [1.29, 1.82) is 0 Å². The van der Waals surface area contributed by atoms with Gasteiger partial charge in [-0.1, -0.05) is 22.9 Å². The number of thiazole rings is 1. The standard InChI is InChI=1S/C9H14ClNO2S/c1-9(2,12-3)4-5-13-8-11-7(10)6-14-8/h6H,4-5H2,1-3H3. The molecule has 1 heterocycles. The molecule has 1 aromatic rings. The van der Waals surface area contributed by atoms with Gasteiger partial charge in [-0.2, -0.15) is 4.98 Å². The molecule has 1 aromatic heterocycles. The molecule has 0 bridgehead atoms. The van der Waals surface area contributed by atoms with Crippen LogP contribution in [0.4, 0.5) is 0 Å². The van der Waals surface area contributed by atoms with E-state index in [1.165, 1.54) is 11.3 Å². The fraction of sp³-hybridized carbons (Fsp3) is 0.667. The lowest BCUT2D eigenvalue weighted by molar-refractivity contribution is 0.00544. The number of hydrogen-bond acceptors (Lipinski definition) is 4. The van der Waals surface area contributed by atoms with Crippen LogP contribution in [0.5, 0.6) is 5.19 Å². The zero-order valence-corrected chi connectivity index (χ0v) is 10.1. The Morgan fingerprint density at radius 3 is 2.79 bits per heavy atom. The fourth-order valence-electron chi connectivity index (χ4n) is 0.791. The number of hydrogen-bond donors (Lipinski definition) is 0. The molecule has 0 saturated carbocycles. The maximum absolute atomic E-state index is 5.65. The first-order chi connectivity index (χ1) is 6.53. The Labute approximate surface area is 93.0 Å². The van der Waals surface area contributed by atoms with Crippen molar-refractivity contribution >= 4 is 22.9 Å². The second-order valence-electron chi connectivity index (χ2n) is 3.50. The third-order valence-electron chi connectivity index (χ3n) is 1.94. The molecule has 0 fully saturated rings. The normalized spacial score (nSPS) is 11.7. The Morgan fingerprint density at radius 1 is 1.57 bits per heavy atom. The Bertz CT molecular complexity index is 288. The number of methoxy groups -OCH3 is 1. The molecule has 0 aliphatic rings. The lowest BCUT2D eigenvalue weighted by atomic mass is 10.1. The van der Waals surface area contributed by atoms with Crippen molar-refractivity contribution in [2.24, 2.45) is 0 Å². The predicted octanol–water partition coefficient (Wildman–Crippen LogP) is 2.99. The van der Waals surface area contributed by atoms with Crippen LogP contribution in [0.15, 0.2) is 5.38 Å². The molecule has 1 rings (SSSR count). The molecule has 0 aliphatic heterocycles. The van der Waals surface area contributed by atoms with Gasteiger partial charge in [0, 0.05) is 18.9 Å². The average Bonchev–Trinajstić information content (AvgIpc) is 2.51. The zero-order valence-electron chi connectivity index (χ0n) is 8.54. The van der Waals surface area contributed by atoms with Crippen LogP contribution in [0, 0.1) is 0 Å². The van der Waals surface area contributed by atoms with E-state index in [1.807, 2.05) is 13.8 Å². The van der Waals surface area contributed by atoms with Crippen molar-refractivity contribution in [1.82, 2.24) is 4.98 Å². The highest BCUT2D eigenvalue weighted by Gasteiger charge is 2.16. The molecule has 0 amide bonds. The monoisotopic (exact) mass is 235 g/mol. The van der Waals surface area contributed by atoms with Crippen LogP contribution in [0.3, 0.4) is 0 Å². The summed E-state index contributed by atoms with van der Waals surface area (Å²) < 4.78 is 10.7. The van der Waals surface area contributed by atoms with E-state index >= 15 is 0 Å². The summed E-state index contributed by atoms with van der Waals surface area (Å²) in [5.74, 6) is 0. The van der Waals surface area contributed by atoms with Gasteiger partial charge >= 0.3 is 0 Å². The highest BCUT2D eigenvalue weighted by atomic mass is 35.5. The number of aromatic nitrogens is 1. The SMILES string of the molecule is COC(C)(C)CCOc1nc(Cl)cs1. The molecule has 5 heteroatoms. The van der Waals surface area contributed by atoms with Gasteiger partial charge in [0.15, 0.2) is 0 Å².